The molecule has 1 aromatic rings. The van der Waals surface area contributed by atoms with Gasteiger partial charge in [0.25, 0.3) is 5.69 Å². The molecule has 0 radical (unpaired) electrons. The van der Waals surface area contributed by atoms with Crippen LogP contribution in [0.4, 0.5) is 11.4 Å². The number of nitro groups is 1. The second-order valence-corrected chi connectivity index (χ2v) is 11.2. The minimum Gasteiger partial charge on any atom is -0.379 e. The van der Waals surface area contributed by atoms with Gasteiger partial charge in [0.2, 0.25) is 15.9 Å². The molecule has 3 heterocycles. The number of hydrogen-bond donors (Lipinski definition) is 0. The summed E-state index contributed by atoms with van der Waals surface area (Å²) in [5.74, 6) is 0.659. The van der Waals surface area contributed by atoms with E-state index in [1.54, 1.807) is 0 Å². The third-order valence-corrected chi connectivity index (χ3v) is 8.80. The van der Waals surface area contributed by atoms with Crippen molar-refractivity contribution >= 4 is 27.3 Å². The number of likely N-dealkylation sites (tertiary alicyclic amines) is 1. The molecule has 1 aromatic carbocycles. The summed E-state index contributed by atoms with van der Waals surface area (Å²) in [7, 11) is -3.82. The lowest BCUT2D eigenvalue weighted by Crippen LogP contribution is -2.46. The molecule has 0 bridgehead atoms. The Morgan fingerprint density at radius 2 is 1.79 bits per heavy atom. The van der Waals surface area contributed by atoms with Crippen LogP contribution >= 0.6 is 0 Å². The summed E-state index contributed by atoms with van der Waals surface area (Å²) in [5, 5.41) is 11.8. The van der Waals surface area contributed by atoms with Gasteiger partial charge in [-0.1, -0.05) is 6.92 Å². The lowest BCUT2D eigenvalue weighted by atomic mass is 9.92. The average molecular weight is 481 g/mol. The number of hydrogen-bond acceptors (Lipinski definition) is 7. The summed E-state index contributed by atoms with van der Waals surface area (Å²) in [4.78, 5) is 28.0. The van der Waals surface area contributed by atoms with Gasteiger partial charge in [0.15, 0.2) is 0 Å². The van der Waals surface area contributed by atoms with Crippen LogP contribution in [0.15, 0.2) is 23.1 Å². The monoisotopic (exact) mass is 480 g/mol. The molecule has 4 rings (SSSR count). The zero-order valence-corrected chi connectivity index (χ0v) is 19.8. The van der Waals surface area contributed by atoms with Crippen LogP contribution in [0.1, 0.15) is 32.6 Å². The molecule has 3 fully saturated rings. The first-order valence-electron chi connectivity index (χ1n) is 11.7. The standard InChI is InChI=1S/C22H32N4O6S/c1-17-3-2-8-24(16-17)22(27)18-6-9-23(10-7-18)20-5-4-19(15-21(20)26(28)29)33(30,31)25-11-13-32-14-12-25/h4-5,15,17-18H,2-3,6-14,16H2,1H3. The van der Waals surface area contributed by atoms with Gasteiger partial charge in [-0.3, -0.25) is 14.9 Å². The molecule has 0 aromatic heterocycles. The van der Waals surface area contributed by atoms with Crippen molar-refractivity contribution in [3.8, 4) is 0 Å². The second-order valence-electron chi connectivity index (χ2n) is 9.22. The number of benzene rings is 1. The highest BCUT2D eigenvalue weighted by Gasteiger charge is 2.34. The van der Waals surface area contributed by atoms with E-state index in [1.807, 2.05) is 9.80 Å². The van der Waals surface area contributed by atoms with Crippen molar-refractivity contribution in [1.82, 2.24) is 9.21 Å². The SMILES string of the molecule is CC1CCCN(C(=O)C2CCN(c3ccc(S(=O)(=O)N4CCOCC4)cc3[N+](=O)[O-])CC2)C1. The average Bonchev–Trinajstić information content (AvgIpc) is 2.84. The first-order valence-corrected chi connectivity index (χ1v) is 13.1. The van der Waals surface area contributed by atoms with Gasteiger partial charge in [-0.2, -0.15) is 4.31 Å². The normalized spacial score (nSPS) is 23.5. The van der Waals surface area contributed by atoms with E-state index in [1.165, 1.54) is 16.4 Å². The minimum absolute atomic E-state index is 0.0634. The van der Waals surface area contributed by atoms with Gasteiger partial charge in [-0.15, -0.1) is 0 Å². The van der Waals surface area contributed by atoms with Crippen molar-refractivity contribution < 1.29 is 22.9 Å². The molecule has 182 valence electrons. The third-order valence-electron chi connectivity index (χ3n) is 6.90. The van der Waals surface area contributed by atoms with Crippen LogP contribution in [0.3, 0.4) is 0 Å². The molecule has 33 heavy (non-hydrogen) atoms. The summed E-state index contributed by atoms with van der Waals surface area (Å²) in [6.45, 7) is 5.92. The number of amides is 1. The number of carbonyl (C=O) groups is 1. The quantitative estimate of drug-likeness (QED) is 0.468. The minimum atomic E-state index is -3.82. The summed E-state index contributed by atoms with van der Waals surface area (Å²) in [5.41, 5.74) is 0.178. The van der Waals surface area contributed by atoms with E-state index in [-0.39, 0.29) is 35.5 Å². The number of sulfonamides is 1. The highest BCUT2D eigenvalue weighted by atomic mass is 32.2. The molecule has 3 aliphatic rings. The van der Waals surface area contributed by atoms with Crippen LogP contribution in [-0.4, -0.2) is 80.9 Å². The number of rotatable bonds is 5. The molecule has 10 nitrogen and oxygen atoms in total. The van der Waals surface area contributed by atoms with Crippen LogP contribution in [0.5, 0.6) is 0 Å². The van der Waals surface area contributed by atoms with E-state index in [0.29, 0.717) is 50.8 Å². The van der Waals surface area contributed by atoms with Gasteiger partial charge < -0.3 is 14.5 Å². The molecule has 3 saturated heterocycles. The summed E-state index contributed by atoms with van der Waals surface area (Å²) >= 11 is 0. The molecule has 0 spiro atoms. The Balaban J connectivity index is 1.47. The predicted molar refractivity (Wildman–Crippen MR) is 123 cm³/mol. The largest absolute Gasteiger partial charge is 0.379 e. The molecule has 1 unspecified atom stereocenters. The number of morpholine rings is 1. The van der Waals surface area contributed by atoms with Crippen molar-refractivity contribution in [2.75, 3.05) is 57.4 Å². The van der Waals surface area contributed by atoms with E-state index in [0.717, 1.165) is 32.0 Å². The maximum absolute atomic E-state index is 12.9. The third kappa shape index (κ3) is 5.15. The zero-order chi connectivity index (χ0) is 23.6. The molecule has 0 saturated carbocycles. The lowest BCUT2D eigenvalue weighted by Gasteiger charge is -2.37. The maximum atomic E-state index is 12.9. The van der Waals surface area contributed by atoms with Gasteiger partial charge in [0, 0.05) is 51.3 Å². The van der Waals surface area contributed by atoms with E-state index in [2.05, 4.69) is 6.92 Å². The van der Waals surface area contributed by atoms with Crippen LogP contribution in [-0.2, 0) is 19.6 Å². The van der Waals surface area contributed by atoms with Crippen molar-refractivity contribution in [2.24, 2.45) is 11.8 Å². The van der Waals surface area contributed by atoms with Crippen LogP contribution in [0.25, 0.3) is 0 Å². The van der Waals surface area contributed by atoms with Crippen LogP contribution in [0.2, 0.25) is 0 Å². The number of nitrogens with zero attached hydrogens (tertiary/aromatic N) is 4. The molecule has 0 aliphatic carbocycles. The zero-order valence-electron chi connectivity index (χ0n) is 19.0. The number of anilines is 1. The Morgan fingerprint density at radius 3 is 2.42 bits per heavy atom. The molecular formula is C22H32N4O6S. The van der Waals surface area contributed by atoms with Gasteiger partial charge in [0.1, 0.15) is 5.69 Å². The number of ether oxygens (including phenoxy) is 1. The predicted octanol–water partition coefficient (Wildman–Crippen LogP) is 2.09. The Bertz CT molecular complexity index is 987. The first-order chi connectivity index (χ1) is 15.8. The van der Waals surface area contributed by atoms with Gasteiger partial charge in [0.05, 0.1) is 23.0 Å². The van der Waals surface area contributed by atoms with E-state index in [4.69, 9.17) is 4.74 Å². The summed E-state index contributed by atoms with van der Waals surface area (Å²) in [6.07, 6.45) is 3.46. The summed E-state index contributed by atoms with van der Waals surface area (Å²) < 4.78 is 32.4. The first kappa shape index (κ1) is 23.9. The molecule has 11 heteroatoms. The van der Waals surface area contributed by atoms with Crippen LogP contribution in [0, 0.1) is 22.0 Å². The van der Waals surface area contributed by atoms with Gasteiger partial charge in [-0.25, -0.2) is 8.42 Å². The Morgan fingerprint density at radius 1 is 1.09 bits per heavy atom. The van der Waals surface area contributed by atoms with E-state index < -0.39 is 14.9 Å². The molecule has 1 amide bonds. The highest BCUT2D eigenvalue weighted by molar-refractivity contribution is 7.89. The molecule has 3 aliphatic heterocycles. The lowest BCUT2D eigenvalue weighted by molar-refractivity contribution is -0.384. The Hall–Kier alpha value is -2.24. The van der Waals surface area contributed by atoms with Crippen molar-refractivity contribution in [3.63, 3.8) is 0 Å². The number of nitro benzene ring substituents is 1. The Labute approximate surface area is 194 Å². The number of carbonyl (C=O) groups excluding carboxylic acids is 1. The molecular weight excluding hydrogens is 448 g/mol. The second kappa shape index (κ2) is 9.94. The van der Waals surface area contributed by atoms with Crippen molar-refractivity contribution in [3.05, 3.63) is 28.3 Å². The fourth-order valence-corrected chi connectivity index (χ4v) is 6.46. The highest BCUT2D eigenvalue weighted by Crippen LogP contribution is 2.35. The van der Waals surface area contributed by atoms with Crippen LogP contribution < -0.4 is 4.90 Å². The number of piperidine rings is 2. The summed E-state index contributed by atoms with van der Waals surface area (Å²) in [6, 6.07) is 4.13. The topological polar surface area (TPSA) is 113 Å². The van der Waals surface area contributed by atoms with Crippen molar-refractivity contribution in [2.45, 2.75) is 37.5 Å². The maximum Gasteiger partial charge on any atom is 0.293 e. The molecule has 0 N–H and O–H groups in total. The Kier molecular flexibility index (Phi) is 7.20. The van der Waals surface area contributed by atoms with E-state index >= 15 is 0 Å². The van der Waals surface area contributed by atoms with E-state index in [9.17, 15) is 23.3 Å². The van der Waals surface area contributed by atoms with Gasteiger partial charge >= 0.3 is 0 Å². The fraction of sp³-hybridized carbons (Fsp3) is 0.682. The smallest absolute Gasteiger partial charge is 0.293 e. The van der Waals surface area contributed by atoms with Gasteiger partial charge in [-0.05, 0) is 43.7 Å². The van der Waals surface area contributed by atoms with Crippen molar-refractivity contribution in [1.29, 1.82) is 0 Å². The molecule has 1 atom stereocenters. The fourth-order valence-electron chi connectivity index (χ4n) is 5.03.